The molecule has 0 aliphatic carbocycles. The maximum atomic E-state index is 15.5. The third-order valence-corrected chi connectivity index (χ3v) is 11.1. The minimum absolute atomic E-state index is 0.129. The Kier molecular flexibility index (Phi) is 10.7. The lowest BCUT2D eigenvalue weighted by molar-refractivity contribution is -0.126. The zero-order valence-corrected chi connectivity index (χ0v) is 27.5. The van der Waals surface area contributed by atoms with E-state index < -0.39 is 32.0 Å². The van der Waals surface area contributed by atoms with E-state index in [-0.39, 0.29) is 12.1 Å². The van der Waals surface area contributed by atoms with Gasteiger partial charge in [-0.3, -0.25) is 4.90 Å². The molecule has 2 N–H and O–H groups in total. The van der Waals surface area contributed by atoms with Crippen molar-refractivity contribution in [2.24, 2.45) is 0 Å². The van der Waals surface area contributed by atoms with E-state index in [2.05, 4.69) is 27.4 Å². The van der Waals surface area contributed by atoms with Crippen molar-refractivity contribution in [3.05, 3.63) is 46.8 Å². The van der Waals surface area contributed by atoms with E-state index >= 15 is 4.39 Å². The third-order valence-electron chi connectivity index (χ3n) is 8.42. The molecule has 2 aromatic carbocycles. The fraction of sp³-hybridized carbons (Fsp3) is 0.515. The van der Waals surface area contributed by atoms with Crippen molar-refractivity contribution in [3.63, 3.8) is 0 Å². The van der Waals surface area contributed by atoms with Crippen LogP contribution in [-0.2, 0) is 15.7 Å². The number of alkyl halides is 4. The zero-order valence-electron chi connectivity index (χ0n) is 25.8. The predicted molar refractivity (Wildman–Crippen MR) is 176 cm³/mol. The number of hydrogen-bond donors (Lipinski definition) is 2. The Hall–Kier alpha value is -2.77. The molecule has 3 heterocycles. The number of thiophene rings is 1. The van der Waals surface area contributed by atoms with Crippen molar-refractivity contribution < 1.29 is 31.6 Å². The first-order valence-electron chi connectivity index (χ1n) is 15.2. The second-order valence-electron chi connectivity index (χ2n) is 12.0. The van der Waals surface area contributed by atoms with Gasteiger partial charge >= 0.3 is 6.18 Å². The fourth-order valence-electron chi connectivity index (χ4n) is 6.06. The first-order valence-corrected chi connectivity index (χ1v) is 18.6. The molecule has 5 rings (SSSR count). The van der Waals surface area contributed by atoms with Crippen LogP contribution >= 0.6 is 18.5 Å². The van der Waals surface area contributed by atoms with Gasteiger partial charge in [0.1, 0.15) is 19.1 Å². The number of piperidine rings is 1. The molecule has 3 unspecified atom stereocenters. The molecule has 2 fully saturated rings. The highest BCUT2D eigenvalue weighted by Crippen LogP contribution is 2.40. The number of benzene rings is 2. The van der Waals surface area contributed by atoms with Gasteiger partial charge in [-0.25, -0.2) is 4.39 Å². The molecule has 2 saturated heterocycles. The number of ether oxygens (including phenoxy) is 2. The monoisotopic (exact) mass is 665 g/mol. The van der Waals surface area contributed by atoms with Crippen LogP contribution in [0.3, 0.4) is 0 Å². The molecule has 3 atom stereocenters. The molecule has 2 aliphatic rings. The van der Waals surface area contributed by atoms with Crippen molar-refractivity contribution in [3.8, 4) is 17.6 Å². The predicted octanol–water partition coefficient (Wildman–Crippen LogP) is 7.12. The first-order chi connectivity index (χ1) is 21.4. The van der Waals surface area contributed by atoms with E-state index in [1.807, 2.05) is 0 Å². The Bertz CT molecular complexity index is 1590. The molecule has 45 heavy (non-hydrogen) atoms. The average Bonchev–Trinajstić information content (AvgIpc) is 3.14. The Morgan fingerprint density at radius 3 is 2.69 bits per heavy atom. The van der Waals surface area contributed by atoms with Crippen LogP contribution in [0, 0.1) is 11.8 Å². The summed E-state index contributed by atoms with van der Waals surface area (Å²) in [5.74, 6) is 6.42. The number of rotatable bonds is 8. The van der Waals surface area contributed by atoms with Crippen molar-refractivity contribution in [2.75, 3.05) is 63.9 Å². The number of methoxy groups -OCH3 is 1. The minimum atomic E-state index is -4.42. The molecule has 3 aromatic rings. The second-order valence-corrected chi connectivity index (χ2v) is 16.3. The van der Waals surface area contributed by atoms with Crippen molar-refractivity contribution in [1.82, 2.24) is 4.90 Å². The first kappa shape index (κ1) is 33.6. The van der Waals surface area contributed by atoms with Crippen LogP contribution in [-0.4, -0.2) is 82.6 Å². The summed E-state index contributed by atoms with van der Waals surface area (Å²) in [5.41, 5.74) is 1.40. The molecule has 6 nitrogen and oxygen atoms in total. The molecular weight excluding hydrogens is 625 g/mol. The highest BCUT2D eigenvalue weighted by molar-refractivity contribution is 7.70. The maximum Gasteiger partial charge on any atom is 0.393 e. The van der Waals surface area contributed by atoms with Crippen LogP contribution in [0.1, 0.15) is 36.1 Å². The summed E-state index contributed by atoms with van der Waals surface area (Å²) in [4.78, 5) is 2.56. The van der Waals surface area contributed by atoms with E-state index in [1.165, 1.54) is 18.4 Å². The summed E-state index contributed by atoms with van der Waals surface area (Å²) in [6.45, 7) is 6.06. The molecule has 2 aliphatic heterocycles. The van der Waals surface area contributed by atoms with E-state index in [0.717, 1.165) is 32.4 Å². The Morgan fingerprint density at radius 1 is 1.13 bits per heavy atom. The van der Waals surface area contributed by atoms with Crippen LogP contribution in [0.4, 0.5) is 28.9 Å². The molecule has 244 valence electrons. The molecule has 0 amide bonds. The van der Waals surface area contributed by atoms with Gasteiger partial charge in [-0.15, -0.1) is 11.3 Å². The Balaban J connectivity index is 1.34. The van der Waals surface area contributed by atoms with Crippen LogP contribution in [0.2, 0.25) is 0 Å². The maximum absolute atomic E-state index is 15.5. The summed E-state index contributed by atoms with van der Waals surface area (Å²) >= 11 is 1.20. The van der Waals surface area contributed by atoms with Gasteiger partial charge in [0.2, 0.25) is 0 Å². The zero-order chi connectivity index (χ0) is 32.2. The Morgan fingerprint density at radius 2 is 1.96 bits per heavy atom. The lowest BCUT2D eigenvalue weighted by atomic mass is 9.98. The van der Waals surface area contributed by atoms with E-state index in [4.69, 9.17) is 9.47 Å². The summed E-state index contributed by atoms with van der Waals surface area (Å²) in [7, 11) is -0.962. The molecule has 1 aromatic heterocycles. The van der Waals surface area contributed by atoms with Gasteiger partial charge in [0.25, 0.3) is 0 Å². The van der Waals surface area contributed by atoms with Gasteiger partial charge in [-0.05, 0) is 74.2 Å². The standard InChI is InChI=1S/C33H40F4N3O3PS/c1-42-30-19-23(44(2,3)41)11-12-28(30)38-15-5-10-31-25(20-33(35,36)37)24-8-4-9-29(32(24)45-31)39-27-13-16-40(21-26(27)34)22-7-6-17-43-18-14-22/h4,8-9,11-12,19,22,26-27,38-39H,6-7,13-18,20-21H2,1-3H3. The highest BCUT2D eigenvalue weighted by atomic mass is 32.1. The van der Waals surface area contributed by atoms with Crippen LogP contribution in [0.5, 0.6) is 5.75 Å². The van der Waals surface area contributed by atoms with Gasteiger partial charge in [0.15, 0.2) is 0 Å². The van der Waals surface area contributed by atoms with E-state index in [9.17, 15) is 17.7 Å². The van der Waals surface area contributed by atoms with Gasteiger partial charge in [-0.2, -0.15) is 13.2 Å². The molecule has 12 heteroatoms. The van der Waals surface area contributed by atoms with Gasteiger partial charge < -0.3 is 24.7 Å². The molecule has 0 spiro atoms. The topological polar surface area (TPSA) is 62.8 Å². The van der Waals surface area contributed by atoms with Gasteiger partial charge in [0, 0.05) is 37.6 Å². The number of nitrogens with zero attached hydrogens (tertiary/aromatic N) is 1. The second kappa shape index (κ2) is 14.3. The van der Waals surface area contributed by atoms with E-state index in [1.54, 1.807) is 49.7 Å². The third kappa shape index (κ3) is 8.53. The number of hydrogen-bond acceptors (Lipinski definition) is 7. The van der Waals surface area contributed by atoms with Crippen LogP contribution < -0.4 is 20.7 Å². The van der Waals surface area contributed by atoms with Crippen LogP contribution in [0.25, 0.3) is 10.1 Å². The fourth-order valence-corrected chi connectivity index (χ4v) is 8.09. The number of likely N-dealkylation sites (tertiary alicyclic amines) is 1. The summed E-state index contributed by atoms with van der Waals surface area (Å²) in [5, 5.41) is 7.64. The minimum Gasteiger partial charge on any atom is -0.495 e. The molecule has 0 bridgehead atoms. The van der Waals surface area contributed by atoms with E-state index in [0.29, 0.717) is 63.0 Å². The summed E-state index contributed by atoms with van der Waals surface area (Å²) in [6, 6.07) is 10.3. The summed E-state index contributed by atoms with van der Waals surface area (Å²) < 4.78 is 80.7. The lowest BCUT2D eigenvalue weighted by Gasteiger charge is -2.39. The number of nitrogens with one attached hydrogen (secondary N) is 2. The quantitative estimate of drug-likeness (QED) is 0.152. The lowest BCUT2D eigenvalue weighted by Crippen LogP contribution is -2.51. The van der Waals surface area contributed by atoms with Gasteiger partial charge in [-0.1, -0.05) is 24.0 Å². The normalized spacial score (nSPS) is 21.5. The smallest absolute Gasteiger partial charge is 0.393 e. The molecule has 0 radical (unpaired) electrons. The SMILES string of the molecule is COc1cc(P(C)(C)=O)ccc1NCC#Cc1sc2c(NC3CCN(C4CCCOCC4)CC3F)cccc2c1CC(F)(F)F. The van der Waals surface area contributed by atoms with Crippen molar-refractivity contribution >= 4 is 45.2 Å². The average molecular weight is 666 g/mol. The largest absolute Gasteiger partial charge is 0.495 e. The number of fused-ring (bicyclic) bond motifs is 1. The number of anilines is 2. The summed E-state index contributed by atoms with van der Waals surface area (Å²) in [6.07, 6.45) is -3.14. The molecular formula is C33H40F4N3O3PS. The highest BCUT2D eigenvalue weighted by Gasteiger charge is 2.34. The van der Waals surface area contributed by atoms with Gasteiger partial charge in [0.05, 0.1) is 47.1 Å². The Labute approximate surface area is 266 Å². The molecule has 0 saturated carbocycles. The number of halogens is 4. The van der Waals surface area contributed by atoms with Crippen molar-refractivity contribution in [1.29, 1.82) is 0 Å². The van der Waals surface area contributed by atoms with Crippen LogP contribution in [0.15, 0.2) is 36.4 Å². The van der Waals surface area contributed by atoms with Crippen molar-refractivity contribution in [2.45, 2.75) is 56.5 Å².